The van der Waals surface area contributed by atoms with E-state index in [2.05, 4.69) is 34.3 Å². The Balaban J connectivity index is 1.47. The molecule has 0 bridgehead atoms. The van der Waals surface area contributed by atoms with Crippen LogP contribution in [0.4, 0.5) is 5.95 Å². The predicted octanol–water partition coefficient (Wildman–Crippen LogP) is 6.03. The van der Waals surface area contributed by atoms with Crippen LogP contribution >= 0.6 is 23.2 Å². The molecule has 5 rings (SSSR count). The maximum absolute atomic E-state index is 13.4. The Bertz CT molecular complexity index is 1190. The van der Waals surface area contributed by atoms with Crippen molar-refractivity contribution < 1.29 is 4.79 Å². The van der Waals surface area contributed by atoms with E-state index >= 15 is 0 Å². The highest BCUT2D eigenvalue weighted by molar-refractivity contribution is 6.35. The van der Waals surface area contributed by atoms with Gasteiger partial charge in [-0.05, 0) is 54.9 Å². The third-order valence-electron chi connectivity index (χ3n) is 7.07. The van der Waals surface area contributed by atoms with E-state index in [1.165, 1.54) is 5.56 Å². The van der Waals surface area contributed by atoms with Gasteiger partial charge in [0.05, 0.1) is 11.3 Å². The van der Waals surface area contributed by atoms with Gasteiger partial charge in [0.25, 0.3) is 5.91 Å². The first-order chi connectivity index (χ1) is 16.5. The second kappa shape index (κ2) is 9.55. The summed E-state index contributed by atoms with van der Waals surface area (Å²) in [5.74, 6) is 1.25. The minimum Gasteiger partial charge on any atom is -0.348 e. The van der Waals surface area contributed by atoms with Crippen molar-refractivity contribution in [2.45, 2.75) is 44.6 Å². The first-order valence-electron chi connectivity index (χ1n) is 11.9. The summed E-state index contributed by atoms with van der Waals surface area (Å²) in [5.41, 5.74) is 3.11. The van der Waals surface area contributed by atoms with Crippen LogP contribution < -0.4 is 10.2 Å². The lowest BCUT2D eigenvalue weighted by molar-refractivity contribution is 0.0948. The molecule has 2 aromatic carbocycles. The second-order valence-electron chi connectivity index (χ2n) is 9.47. The molecule has 0 atom stereocenters. The van der Waals surface area contributed by atoms with Gasteiger partial charge in [0.15, 0.2) is 0 Å². The predicted molar refractivity (Wildman–Crippen MR) is 137 cm³/mol. The fraction of sp³-hybridized carbons (Fsp3) is 0.370. The molecule has 0 spiro atoms. The molecule has 1 saturated carbocycles. The highest BCUT2D eigenvalue weighted by Crippen LogP contribution is 2.53. The van der Waals surface area contributed by atoms with Crippen LogP contribution in [0.5, 0.6) is 0 Å². The van der Waals surface area contributed by atoms with Crippen LogP contribution in [-0.2, 0) is 12.0 Å². The summed E-state index contributed by atoms with van der Waals surface area (Å²) in [6.45, 7) is 4.48. The van der Waals surface area contributed by atoms with Crippen LogP contribution in [-0.4, -0.2) is 29.0 Å². The maximum Gasteiger partial charge on any atom is 0.255 e. The molecule has 7 heteroatoms. The van der Waals surface area contributed by atoms with E-state index in [4.69, 9.17) is 28.2 Å². The van der Waals surface area contributed by atoms with Crippen LogP contribution in [0.3, 0.4) is 0 Å². The number of rotatable bonds is 6. The first-order valence-corrected chi connectivity index (χ1v) is 12.6. The van der Waals surface area contributed by atoms with Crippen molar-refractivity contribution >= 4 is 35.1 Å². The summed E-state index contributed by atoms with van der Waals surface area (Å²) >= 11 is 12.3. The van der Waals surface area contributed by atoms with Crippen LogP contribution in [0.2, 0.25) is 10.0 Å². The number of hydrogen-bond acceptors (Lipinski definition) is 4. The lowest BCUT2D eigenvalue weighted by Crippen LogP contribution is -2.35. The van der Waals surface area contributed by atoms with Gasteiger partial charge in [0.1, 0.15) is 0 Å². The number of anilines is 1. The van der Waals surface area contributed by atoms with Crippen molar-refractivity contribution in [2.75, 3.05) is 18.0 Å². The highest BCUT2D eigenvalue weighted by Gasteiger charge is 2.49. The van der Waals surface area contributed by atoms with E-state index < -0.39 is 0 Å². The fourth-order valence-corrected chi connectivity index (χ4v) is 5.22. The van der Waals surface area contributed by atoms with Crippen molar-refractivity contribution in [3.63, 3.8) is 0 Å². The molecule has 0 unspecified atom stereocenters. The van der Waals surface area contributed by atoms with Crippen molar-refractivity contribution in [2.24, 2.45) is 5.92 Å². The molecule has 1 amide bonds. The van der Waals surface area contributed by atoms with Gasteiger partial charge in [-0.1, -0.05) is 66.5 Å². The number of carbonyl (C=O) groups is 1. The molecule has 1 aromatic heterocycles. The van der Waals surface area contributed by atoms with Crippen molar-refractivity contribution in [1.29, 1.82) is 0 Å². The van der Waals surface area contributed by atoms with Gasteiger partial charge in [-0.25, -0.2) is 9.97 Å². The number of aromatic nitrogens is 2. The van der Waals surface area contributed by atoms with Gasteiger partial charge in [-0.2, -0.15) is 0 Å². The minimum atomic E-state index is -0.243. The highest BCUT2D eigenvalue weighted by atomic mass is 35.5. The third kappa shape index (κ3) is 4.64. The lowest BCUT2D eigenvalue weighted by atomic mass is 9.89. The Hall–Kier alpha value is -2.63. The van der Waals surface area contributed by atoms with Crippen molar-refractivity contribution in [3.8, 4) is 0 Å². The zero-order valence-corrected chi connectivity index (χ0v) is 20.7. The molecule has 1 saturated heterocycles. The summed E-state index contributed by atoms with van der Waals surface area (Å²) in [5, 5.41) is 4.11. The molecule has 3 aromatic rings. The molecule has 2 fully saturated rings. The number of piperidine rings is 1. The Morgan fingerprint density at radius 2 is 1.85 bits per heavy atom. The number of amides is 1. The zero-order valence-electron chi connectivity index (χ0n) is 19.2. The van der Waals surface area contributed by atoms with Gasteiger partial charge in [0.2, 0.25) is 5.95 Å². The molecule has 2 heterocycles. The molecular formula is C27H28Cl2N4O. The summed E-state index contributed by atoms with van der Waals surface area (Å²) in [4.78, 5) is 25.3. The summed E-state index contributed by atoms with van der Waals surface area (Å²) in [7, 11) is 0. The molecule has 1 aliphatic carbocycles. The normalized spacial score (nSPS) is 17.4. The Morgan fingerprint density at radius 3 is 2.53 bits per heavy atom. The number of hydrogen-bond donors (Lipinski definition) is 1. The van der Waals surface area contributed by atoms with Gasteiger partial charge in [-0.15, -0.1) is 0 Å². The number of benzene rings is 2. The van der Waals surface area contributed by atoms with Gasteiger partial charge in [-0.3, -0.25) is 4.79 Å². The number of nitrogens with zero attached hydrogens (tertiary/aromatic N) is 3. The summed E-state index contributed by atoms with van der Waals surface area (Å²) < 4.78 is 0. The Kier molecular flexibility index (Phi) is 6.50. The maximum atomic E-state index is 13.4. The van der Waals surface area contributed by atoms with E-state index in [0.717, 1.165) is 61.9 Å². The molecule has 0 radical (unpaired) electrons. The molecule has 5 nitrogen and oxygen atoms in total. The summed E-state index contributed by atoms with van der Waals surface area (Å²) in [6.07, 6.45) is 5.90. The molecule has 1 aliphatic heterocycles. The van der Waals surface area contributed by atoms with Gasteiger partial charge >= 0.3 is 0 Å². The van der Waals surface area contributed by atoms with E-state index in [-0.39, 0.29) is 11.3 Å². The Morgan fingerprint density at radius 1 is 1.12 bits per heavy atom. The third-order valence-corrected chi connectivity index (χ3v) is 7.66. The van der Waals surface area contributed by atoms with Crippen LogP contribution in [0.1, 0.15) is 59.8 Å². The quantitative estimate of drug-likeness (QED) is 0.454. The van der Waals surface area contributed by atoms with E-state index in [0.29, 0.717) is 22.2 Å². The monoisotopic (exact) mass is 494 g/mol. The topological polar surface area (TPSA) is 58.1 Å². The second-order valence-corrected chi connectivity index (χ2v) is 10.3. The van der Waals surface area contributed by atoms with Gasteiger partial charge in [0, 0.05) is 41.3 Å². The lowest BCUT2D eigenvalue weighted by Gasteiger charge is -2.31. The van der Waals surface area contributed by atoms with Crippen LogP contribution in [0.15, 0.2) is 54.7 Å². The van der Waals surface area contributed by atoms with E-state index in [9.17, 15) is 4.79 Å². The smallest absolute Gasteiger partial charge is 0.255 e. The number of carbonyl (C=O) groups excluding carboxylic acids is 1. The van der Waals surface area contributed by atoms with Crippen molar-refractivity contribution in [3.05, 3.63) is 87.2 Å². The summed E-state index contributed by atoms with van der Waals surface area (Å²) in [6, 6.07) is 15.7. The number of nitrogens with one attached hydrogen (secondary N) is 1. The minimum absolute atomic E-state index is 0.193. The van der Waals surface area contributed by atoms with Crippen LogP contribution in [0, 0.1) is 5.92 Å². The van der Waals surface area contributed by atoms with E-state index in [1.807, 2.05) is 24.3 Å². The molecular weight excluding hydrogens is 467 g/mol. The van der Waals surface area contributed by atoms with Gasteiger partial charge < -0.3 is 10.2 Å². The average molecular weight is 495 g/mol. The molecule has 34 heavy (non-hydrogen) atoms. The molecule has 2 aliphatic rings. The molecule has 1 N–H and O–H groups in total. The van der Waals surface area contributed by atoms with Crippen molar-refractivity contribution in [1.82, 2.24) is 15.3 Å². The fourth-order valence-electron chi connectivity index (χ4n) is 4.74. The first kappa shape index (κ1) is 23.1. The SMILES string of the molecule is CC1CCN(c2ncc(C(=O)NCc3ccc(Cl)cc3Cl)c(C3(c4ccccc4)CC3)n2)CC1. The standard InChI is InChI=1S/C27H28Cl2N4O/c1-18-9-13-33(14-10-18)26-31-17-22(25(34)30-16-19-7-8-21(28)15-23(19)29)24(32-26)27(11-12-27)20-5-3-2-4-6-20/h2-8,15,17-18H,9-14,16H2,1H3,(H,30,34). The van der Waals surface area contributed by atoms with E-state index in [1.54, 1.807) is 18.3 Å². The van der Waals surface area contributed by atoms with Crippen LogP contribution in [0.25, 0.3) is 0 Å². The molecule has 176 valence electrons. The average Bonchev–Trinajstić information content (AvgIpc) is 3.66. The Labute approximate surface area is 210 Å². The number of halogens is 2. The largest absolute Gasteiger partial charge is 0.348 e. The zero-order chi connectivity index (χ0) is 23.7.